The van der Waals surface area contributed by atoms with E-state index in [0.29, 0.717) is 5.92 Å². The fraction of sp³-hybridized carbons (Fsp3) is 0.700. The highest BCUT2D eigenvalue weighted by Gasteiger charge is 2.22. The summed E-state index contributed by atoms with van der Waals surface area (Å²) >= 11 is 1.82. The van der Waals surface area contributed by atoms with Crippen LogP contribution in [0.4, 0.5) is 0 Å². The Morgan fingerprint density at radius 3 is 2.67 bits per heavy atom. The summed E-state index contributed by atoms with van der Waals surface area (Å²) in [7, 11) is 0. The van der Waals surface area contributed by atoms with Crippen molar-refractivity contribution >= 4 is 11.3 Å². The van der Waals surface area contributed by atoms with Crippen molar-refractivity contribution in [3.05, 3.63) is 16.1 Å². The standard InChI is InChI=1S/C10H15NS/c1-7(2)10-11-9(6-12-10)8-4-3-5-8/h6-8H,3-5H2,1-2H3. The molecule has 0 atom stereocenters. The topological polar surface area (TPSA) is 12.9 Å². The first-order valence-corrected chi connectivity index (χ1v) is 5.60. The maximum atomic E-state index is 4.65. The van der Waals surface area contributed by atoms with Crippen molar-refractivity contribution in [1.82, 2.24) is 4.98 Å². The second-order valence-electron chi connectivity index (χ2n) is 3.89. The Balaban J connectivity index is 2.12. The van der Waals surface area contributed by atoms with Crippen LogP contribution < -0.4 is 0 Å². The highest BCUT2D eigenvalue weighted by Crippen LogP contribution is 2.37. The van der Waals surface area contributed by atoms with E-state index < -0.39 is 0 Å². The number of rotatable bonds is 2. The van der Waals surface area contributed by atoms with Gasteiger partial charge < -0.3 is 0 Å². The summed E-state index contributed by atoms with van der Waals surface area (Å²) < 4.78 is 0. The van der Waals surface area contributed by atoms with Gasteiger partial charge in [-0.15, -0.1) is 11.3 Å². The van der Waals surface area contributed by atoms with Gasteiger partial charge in [0.25, 0.3) is 0 Å². The van der Waals surface area contributed by atoms with E-state index in [-0.39, 0.29) is 0 Å². The van der Waals surface area contributed by atoms with Crippen LogP contribution in [0.25, 0.3) is 0 Å². The average molecular weight is 181 g/mol. The Morgan fingerprint density at radius 1 is 1.50 bits per heavy atom. The van der Waals surface area contributed by atoms with Crippen LogP contribution in [0.5, 0.6) is 0 Å². The first kappa shape index (κ1) is 8.24. The second-order valence-corrected chi connectivity index (χ2v) is 4.78. The Labute approximate surface area is 77.8 Å². The predicted molar refractivity (Wildman–Crippen MR) is 52.8 cm³/mol. The van der Waals surface area contributed by atoms with Crippen LogP contribution >= 0.6 is 11.3 Å². The third-order valence-corrected chi connectivity index (χ3v) is 3.72. The summed E-state index contributed by atoms with van der Waals surface area (Å²) in [4.78, 5) is 4.65. The summed E-state index contributed by atoms with van der Waals surface area (Å²) in [6.07, 6.45) is 4.13. The molecular formula is C10H15NS. The minimum absolute atomic E-state index is 0.601. The molecule has 1 aliphatic carbocycles. The van der Waals surface area contributed by atoms with Gasteiger partial charge in [-0.2, -0.15) is 0 Å². The summed E-state index contributed by atoms with van der Waals surface area (Å²) in [6, 6.07) is 0. The molecule has 0 bridgehead atoms. The van der Waals surface area contributed by atoms with Crippen LogP contribution in [0, 0.1) is 0 Å². The molecule has 66 valence electrons. The van der Waals surface area contributed by atoms with Crippen LogP contribution in [0.1, 0.15) is 55.6 Å². The summed E-state index contributed by atoms with van der Waals surface area (Å²) in [5.41, 5.74) is 1.36. The van der Waals surface area contributed by atoms with Crippen LogP contribution in [-0.4, -0.2) is 4.98 Å². The Kier molecular flexibility index (Phi) is 2.18. The van der Waals surface area contributed by atoms with Gasteiger partial charge in [-0.05, 0) is 12.8 Å². The molecule has 1 fully saturated rings. The number of thiazole rings is 1. The van der Waals surface area contributed by atoms with Crippen LogP contribution in [0.15, 0.2) is 5.38 Å². The number of hydrogen-bond acceptors (Lipinski definition) is 2. The molecule has 1 nitrogen and oxygen atoms in total. The first-order chi connectivity index (χ1) is 5.77. The number of hydrogen-bond donors (Lipinski definition) is 0. The van der Waals surface area contributed by atoms with E-state index in [1.165, 1.54) is 30.0 Å². The number of nitrogens with zero attached hydrogens (tertiary/aromatic N) is 1. The largest absolute Gasteiger partial charge is 0.246 e. The average Bonchev–Trinajstić information content (AvgIpc) is 2.32. The van der Waals surface area contributed by atoms with Crippen molar-refractivity contribution in [2.24, 2.45) is 0 Å². The van der Waals surface area contributed by atoms with Gasteiger partial charge in [0.15, 0.2) is 0 Å². The molecule has 1 aliphatic rings. The zero-order chi connectivity index (χ0) is 8.55. The summed E-state index contributed by atoms with van der Waals surface area (Å²) in [5.74, 6) is 1.40. The zero-order valence-corrected chi connectivity index (χ0v) is 8.53. The van der Waals surface area contributed by atoms with Gasteiger partial charge >= 0.3 is 0 Å². The number of aromatic nitrogens is 1. The lowest BCUT2D eigenvalue weighted by atomic mass is 9.83. The van der Waals surface area contributed by atoms with Crippen LogP contribution in [-0.2, 0) is 0 Å². The third kappa shape index (κ3) is 1.40. The van der Waals surface area contributed by atoms with Crippen molar-refractivity contribution in [2.45, 2.75) is 44.9 Å². The lowest BCUT2D eigenvalue weighted by molar-refractivity contribution is 0.412. The van der Waals surface area contributed by atoms with E-state index >= 15 is 0 Å². The van der Waals surface area contributed by atoms with E-state index in [0.717, 1.165) is 5.92 Å². The van der Waals surface area contributed by atoms with E-state index in [2.05, 4.69) is 24.2 Å². The van der Waals surface area contributed by atoms with Gasteiger partial charge in [-0.25, -0.2) is 4.98 Å². The van der Waals surface area contributed by atoms with Crippen molar-refractivity contribution in [3.63, 3.8) is 0 Å². The van der Waals surface area contributed by atoms with Gasteiger partial charge in [0.2, 0.25) is 0 Å². The fourth-order valence-electron chi connectivity index (χ4n) is 1.46. The van der Waals surface area contributed by atoms with Crippen molar-refractivity contribution in [3.8, 4) is 0 Å². The molecule has 2 heteroatoms. The van der Waals surface area contributed by atoms with Crippen LogP contribution in [0.3, 0.4) is 0 Å². The molecule has 0 radical (unpaired) electrons. The van der Waals surface area contributed by atoms with E-state index in [1.54, 1.807) is 0 Å². The molecule has 0 N–H and O–H groups in total. The SMILES string of the molecule is CC(C)c1nc(C2CCC2)cs1. The lowest BCUT2D eigenvalue weighted by Crippen LogP contribution is -2.09. The minimum Gasteiger partial charge on any atom is -0.246 e. The monoisotopic (exact) mass is 181 g/mol. The molecule has 1 aromatic heterocycles. The molecule has 1 heterocycles. The highest BCUT2D eigenvalue weighted by atomic mass is 32.1. The maximum Gasteiger partial charge on any atom is 0.0953 e. The molecule has 0 amide bonds. The van der Waals surface area contributed by atoms with Crippen molar-refractivity contribution in [1.29, 1.82) is 0 Å². The first-order valence-electron chi connectivity index (χ1n) is 4.72. The van der Waals surface area contributed by atoms with Gasteiger partial charge in [0, 0.05) is 17.2 Å². The third-order valence-electron chi connectivity index (χ3n) is 2.56. The molecule has 0 aromatic carbocycles. The van der Waals surface area contributed by atoms with Crippen molar-refractivity contribution in [2.75, 3.05) is 0 Å². The smallest absolute Gasteiger partial charge is 0.0953 e. The fourth-order valence-corrected chi connectivity index (χ4v) is 2.37. The zero-order valence-electron chi connectivity index (χ0n) is 7.71. The van der Waals surface area contributed by atoms with Gasteiger partial charge in [-0.3, -0.25) is 0 Å². The molecule has 0 spiro atoms. The molecule has 0 saturated heterocycles. The molecule has 0 unspecified atom stereocenters. The molecular weight excluding hydrogens is 166 g/mol. The second kappa shape index (κ2) is 3.17. The lowest BCUT2D eigenvalue weighted by Gasteiger charge is -2.23. The molecule has 1 aromatic rings. The van der Waals surface area contributed by atoms with Crippen LogP contribution in [0.2, 0.25) is 0 Å². The Hall–Kier alpha value is -0.370. The highest BCUT2D eigenvalue weighted by molar-refractivity contribution is 7.09. The van der Waals surface area contributed by atoms with E-state index in [9.17, 15) is 0 Å². The Morgan fingerprint density at radius 2 is 2.25 bits per heavy atom. The van der Waals surface area contributed by atoms with Crippen molar-refractivity contribution < 1.29 is 0 Å². The molecule has 1 saturated carbocycles. The normalized spacial score (nSPS) is 18.2. The van der Waals surface area contributed by atoms with E-state index in [4.69, 9.17) is 0 Å². The molecule has 0 aliphatic heterocycles. The van der Waals surface area contributed by atoms with Gasteiger partial charge in [0.05, 0.1) is 10.7 Å². The summed E-state index contributed by atoms with van der Waals surface area (Å²) in [5, 5.41) is 3.55. The predicted octanol–water partition coefficient (Wildman–Crippen LogP) is 3.53. The van der Waals surface area contributed by atoms with Gasteiger partial charge in [-0.1, -0.05) is 20.3 Å². The minimum atomic E-state index is 0.601. The van der Waals surface area contributed by atoms with E-state index in [1.807, 2.05) is 11.3 Å². The quantitative estimate of drug-likeness (QED) is 0.680. The maximum absolute atomic E-state index is 4.65. The molecule has 12 heavy (non-hydrogen) atoms. The summed E-state index contributed by atoms with van der Waals surface area (Å²) in [6.45, 7) is 4.42. The Bertz CT molecular complexity index is 261. The van der Waals surface area contributed by atoms with Gasteiger partial charge in [0.1, 0.15) is 0 Å². The molecule has 2 rings (SSSR count).